The number of benzene rings is 2. The van der Waals surface area contributed by atoms with E-state index in [4.69, 9.17) is 0 Å². The van der Waals surface area contributed by atoms with Crippen molar-refractivity contribution >= 4 is 17.5 Å². The summed E-state index contributed by atoms with van der Waals surface area (Å²) in [6.07, 6.45) is 2.11. The number of hydrogen-bond acceptors (Lipinski definition) is 2. The molecule has 3 rings (SSSR count). The Kier molecular flexibility index (Phi) is 5.87. The Morgan fingerprint density at radius 2 is 1.43 bits per heavy atom. The van der Waals surface area contributed by atoms with Crippen LogP contribution in [0.4, 0.5) is 5.69 Å². The number of rotatable bonds is 3. The summed E-state index contributed by atoms with van der Waals surface area (Å²) in [6, 6.07) is 14.9. The first kappa shape index (κ1) is 20.1. The zero-order valence-electron chi connectivity index (χ0n) is 17.3. The van der Waals surface area contributed by atoms with Gasteiger partial charge in [-0.25, -0.2) is 0 Å². The number of nitrogens with zero attached hydrogens (tertiary/aromatic N) is 1. The highest BCUT2D eigenvalue weighted by molar-refractivity contribution is 6.05. The summed E-state index contributed by atoms with van der Waals surface area (Å²) < 4.78 is 0. The molecular weight excluding hydrogens is 348 g/mol. The minimum absolute atomic E-state index is 0.0524. The second-order valence-electron chi connectivity index (χ2n) is 8.83. The molecule has 0 bridgehead atoms. The van der Waals surface area contributed by atoms with Gasteiger partial charge in [0.05, 0.1) is 0 Å². The van der Waals surface area contributed by atoms with E-state index in [2.05, 4.69) is 33.0 Å². The maximum atomic E-state index is 12.6. The number of hydrogen-bond donors (Lipinski definition) is 1. The lowest BCUT2D eigenvalue weighted by molar-refractivity contribution is 0.0697. The lowest BCUT2D eigenvalue weighted by Gasteiger charge is -2.30. The van der Waals surface area contributed by atoms with Gasteiger partial charge in [0, 0.05) is 29.9 Å². The Bertz CT molecular complexity index is 824. The summed E-state index contributed by atoms with van der Waals surface area (Å²) in [4.78, 5) is 27.0. The van der Waals surface area contributed by atoms with E-state index in [1.165, 1.54) is 5.56 Å². The summed E-state index contributed by atoms with van der Waals surface area (Å²) in [7, 11) is 0. The van der Waals surface area contributed by atoms with Crippen molar-refractivity contribution in [2.24, 2.45) is 5.92 Å². The number of amides is 2. The maximum absolute atomic E-state index is 12.6. The molecule has 148 valence electrons. The highest BCUT2D eigenvalue weighted by atomic mass is 16.2. The van der Waals surface area contributed by atoms with Crippen molar-refractivity contribution in [3.8, 4) is 0 Å². The van der Waals surface area contributed by atoms with Crippen molar-refractivity contribution in [1.82, 2.24) is 4.90 Å². The van der Waals surface area contributed by atoms with E-state index in [1.807, 2.05) is 29.2 Å². The van der Waals surface area contributed by atoms with Crippen molar-refractivity contribution in [3.63, 3.8) is 0 Å². The highest BCUT2D eigenvalue weighted by Gasteiger charge is 2.21. The summed E-state index contributed by atoms with van der Waals surface area (Å²) in [6.45, 7) is 10.3. The number of carbonyl (C=O) groups excluding carboxylic acids is 2. The van der Waals surface area contributed by atoms with Gasteiger partial charge >= 0.3 is 0 Å². The molecule has 1 saturated heterocycles. The van der Waals surface area contributed by atoms with Crippen LogP contribution in [-0.2, 0) is 5.41 Å². The van der Waals surface area contributed by atoms with Gasteiger partial charge in [-0.15, -0.1) is 0 Å². The minimum atomic E-state index is -0.172. The van der Waals surface area contributed by atoms with Crippen LogP contribution in [0, 0.1) is 5.92 Å². The normalized spacial score (nSPS) is 15.4. The van der Waals surface area contributed by atoms with Gasteiger partial charge in [0.2, 0.25) is 0 Å². The van der Waals surface area contributed by atoms with Crippen LogP contribution in [0.15, 0.2) is 48.5 Å². The molecule has 1 heterocycles. The molecule has 28 heavy (non-hydrogen) atoms. The Labute approximate surface area is 167 Å². The standard InChI is InChI=1S/C24H30N2O2/c1-17-13-15-26(16-14-17)23(28)19-7-5-18(6-8-19)22(27)25-21-11-9-20(10-12-21)24(2,3)4/h5-12,17H,13-16H2,1-4H3,(H,25,27). The van der Waals surface area contributed by atoms with E-state index in [-0.39, 0.29) is 17.2 Å². The fourth-order valence-electron chi connectivity index (χ4n) is 3.42. The summed E-state index contributed by atoms with van der Waals surface area (Å²) in [5.41, 5.74) is 3.25. The van der Waals surface area contributed by atoms with Gasteiger partial charge in [0.15, 0.2) is 0 Å². The lowest BCUT2D eigenvalue weighted by atomic mass is 9.87. The van der Waals surface area contributed by atoms with Crippen molar-refractivity contribution < 1.29 is 9.59 Å². The van der Waals surface area contributed by atoms with Crippen molar-refractivity contribution in [3.05, 3.63) is 65.2 Å². The average molecular weight is 379 g/mol. The molecule has 0 aromatic heterocycles. The van der Waals surface area contributed by atoms with Crippen LogP contribution in [0.2, 0.25) is 0 Å². The number of likely N-dealkylation sites (tertiary alicyclic amines) is 1. The molecule has 1 aliphatic heterocycles. The Hall–Kier alpha value is -2.62. The molecule has 0 radical (unpaired) electrons. The Morgan fingerprint density at radius 1 is 0.893 bits per heavy atom. The fourth-order valence-corrected chi connectivity index (χ4v) is 3.42. The molecule has 4 nitrogen and oxygen atoms in total. The first-order valence-corrected chi connectivity index (χ1v) is 10.1. The fraction of sp³-hybridized carbons (Fsp3) is 0.417. The van der Waals surface area contributed by atoms with E-state index in [0.29, 0.717) is 17.0 Å². The summed E-state index contributed by atoms with van der Waals surface area (Å²) >= 11 is 0. The van der Waals surface area contributed by atoms with Gasteiger partial charge in [-0.05, 0) is 66.1 Å². The second kappa shape index (κ2) is 8.17. The molecule has 1 fully saturated rings. The van der Waals surface area contributed by atoms with Gasteiger partial charge in [0.1, 0.15) is 0 Å². The van der Waals surface area contributed by atoms with Crippen molar-refractivity contribution in [1.29, 1.82) is 0 Å². The first-order valence-electron chi connectivity index (χ1n) is 10.1. The average Bonchev–Trinajstić information content (AvgIpc) is 2.68. The zero-order chi connectivity index (χ0) is 20.3. The topological polar surface area (TPSA) is 49.4 Å². The van der Waals surface area contributed by atoms with Gasteiger partial charge in [-0.2, -0.15) is 0 Å². The van der Waals surface area contributed by atoms with Crippen molar-refractivity contribution in [2.75, 3.05) is 18.4 Å². The van der Waals surface area contributed by atoms with Crippen LogP contribution >= 0.6 is 0 Å². The van der Waals surface area contributed by atoms with E-state index < -0.39 is 0 Å². The third kappa shape index (κ3) is 4.80. The van der Waals surface area contributed by atoms with Crippen LogP contribution < -0.4 is 5.32 Å². The van der Waals surface area contributed by atoms with Crippen molar-refractivity contribution in [2.45, 2.75) is 46.0 Å². The largest absolute Gasteiger partial charge is 0.339 e. The van der Waals surface area contributed by atoms with Gasteiger partial charge < -0.3 is 10.2 Å². The summed E-state index contributed by atoms with van der Waals surface area (Å²) in [5.74, 6) is 0.568. The molecule has 2 aromatic rings. The molecule has 0 spiro atoms. The monoisotopic (exact) mass is 378 g/mol. The predicted molar refractivity (Wildman–Crippen MR) is 114 cm³/mol. The van der Waals surface area contributed by atoms with Gasteiger partial charge in [-0.1, -0.05) is 39.8 Å². The van der Waals surface area contributed by atoms with Gasteiger partial charge in [-0.3, -0.25) is 9.59 Å². The molecule has 0 saturated carbocycles. The van der Waals surface area contributed by atoms with Crippen LogP contribution in [0.5, 0.6) is 0 Å². The molecule has 0 unspecified atom stereocenters. The molecular formula is C24H30N2O2. The predicted octanol–water partition coefficient (Wildman–Crippen LogP) is 5.11. The van der Waals surface area contributed by atoms with Gasteiger partial charge in [0.25, 0.3) is 11.8 Å². The molecule has 4 heteroatoms. The third-order valence-electron chi connectivity index (χ3n) is 5.47. The van der Waals surface area contributed by atoms with E-state index in [0.717, 1.165) is 31.6 Å². The first-order chi connectivity index (χ1) is 13.2. The quantitative estimate of drug-likeness (QED) is 0.807. The van der Waals surface area contributed by atoms with E-state index in [9.17, 15) is 9.59 Å². The molecule has 0 aliphatic carbocycles. The zero-order valence-corrected chi connectivity index (χ0v) is 17.3. The molecule has 1 aliphatic rings. The molecule has 1 N–H and O–H groups in total. The minimum Gasteiger partial charge on any atom is -0.339 e. The number of carbonyl (C=O) groups is 2. The Morgan fingerprint density at radius 3 is 1.96 bits per heavy atom. The Balaban J connectivity index is 1.63. The summed E-state index contributed by atoms with van der Waals surface area (Å²) in [5, 5.41) is 2.92. The smallest absolute Gasteiger partial charge is 0.255 e. The molecule has 0 atom stereocenters. The molecule has 2 amide bonds. The van der Waals surface area contributed by atoms with Crippen LogP contribution in [0.3, 0.4) is 0 Å². The third-order valence-corrected chi connectivity index (χ3v) is 5.47. The SMILES string of the molecule is CC1CCN(C(=O)c2ccc(C(=O)Nc3ccc(C(C)(C)C)cc3)cc2)CC1. The number of anilines is 1. The maximum Gasteiger partial charge on any atom is 0.255 e. The van der Waals surface area contributed by atoms with E-state index >= 15 is 0 Å². The number of piperidine rings is 1. The lowest BCUT2D eigenvalue weighted by Crippen LogP contribution is -2.37. The van der Waals surface area contributed by atoms with E-state index in [1.54, 1.807) is 24.3 Å². The highest BCUT2D eigenvalue weighted by Crippen LogP contribution is 2.24. The van der Waals surface area contributed by atoms with Crippen LogP contribution in [0.1, 0.15) is 66.8 Å². The van der Waals surface area contributed by atoms with Crippen LogP contribution in [0.25, 0.3) is 0 Å². The second-order valence-corrected chi connectivity index (χ2v) is 8.83. The molecule has 2 aromatic carbocycles. The van der Waals surface area contributed by atoms with Crippen LogP contribution in [-0.4, -0.2) is 29.8 Å². The number of nitrogens with one attached hydrogen (secondary N) is 1.